The maximum Gasteiger partial charge on any atom is 0.337 e. The Labute approximate surface area is 158 Å². The quantitative estimate of drug-likeness (QED) is 0.576. The number of halogens is 1. The summed E-state index contributed by atoms with van der Waals surface area (Å²) in [6.07, 6.45) is 1.91. The summed E-state index contributed by atoms with van der Waals surface area (Å²) < 4.78 is 4.72. The fraction of sp³-hybridized carbons (Fsp3) is 0.263. The maximum absolute atomic E-state index is 11.6. The number of nitrogens with one attached hydrogen (secondary N) is 2. The predicted molar refractivity (Wildman–Crippen MR) is 106 cm³/mol. The summed E-state index contributed by atoms with van der Waals surface area (Å²) in [4.78, 5) is 11.6. The summed E-state index contributed by atoms with van der Waals surface area (Å²) in [5.41, 5.74) is 2.27. The minimum atomic E-state index is -0.421. The lowest BCUT2D eigenvalue weighted by atomic mass is 10.1. The van der Waals surface area contributed by atoms with Crippen molar-refractivity contribution in [3.63, 3.8) is 0 Å². The number of methoxy groups -OCH3 is 1. The molecule has 0 aliphatic heterocycles. The van der Waals surface area contributed by atoms with Crippen LogP contribution in [0.25, 0.3) is 0 Å². The Morgan fingerprint density at radius 1 is 1.24 bits per heavy atom. The first-order valence-electron chi connectivity index (χ1n) is 7.99. The van der Waals surface area contributed by atoms with Gasteiger partial charge in [0, 0.05) is 6.04 Å². The van der Waals surface area contributed by atoms with E-state index in [4.69, 9.17) is 28.6 Å². The molecule has 132 valence electrons. The van der Waals surface area contributed by atoms with E-state index in [0.29, 0.717) is 21.4 Å². The molecule has 0 aromatic heterocycles. The van der Waals surface area contributed by atoms with Crippen molar-refractivity contribution in [2.45, 2.75) is 25.8 Å². The number of ether oxygens (including phenoxy) is 1. The van der Waals surface area contributed by atoms with Crippen molar-refractivity contribution < 1.29 is 9.53 Å². The zero-order chi connectivity index (χ0) is 18.2. The largest absolute Gasteiger partial charge is 0.465 e. The highest BCUT2D eigenvalue weighted by molar-refractivity contribution is 7.80. The van der Waals surface area contributed by atoms with E-state index in [-0.39, 0.29) is 6.04 Å². The van der Waals surface area contributed by atoms with Crippen LogP contribution in [0.2, 0.25) is 5.02 Å². The Morgan fingerprint density at radius 2 is 1.96 bits per heavy atom. The minimum Gasteiger partial charge on any atom is -0.465 e. The highest BCUT2D eigenvalue weighted by atomic mass is 35.5. The third-order valence-corrected chi connectivity index (χ3v) is 4.27. The molecule has 25 heavy (non-hydrogen) atoms. The van der Waals surface area contributed by atoms with Crippen LogP contribution < -0.4 is 10.6 Å². The van der Waals surface area contributed by atoms with Gasteiger partial charge in [0.25, 0.3) is 0 Å². The van der Waals surface area contributed by atoms with Gasteiger partial charge < -0.3 is 15.4 Å². The number of rotatable bonds is 6. The number of anilines is 1. The fourth-order valence-corrected chi connectivity index (χ4v) is 2.82. The van der Waals surface area contributed by atoms with E-state index in [0.717, 1.165) is 12.8 Å². The molecule has 2 N–H and O–H groups in total. The Kier molecular flexibility index (Phi) is 7.22. The fourth-order valence-electron chi connectivity index (χ4n) is 2.35. The average molecular weight is 377 g/mol. The van der Waals surface area contributed by atoms with Crippen LogP contribution in [-0.4, -0.2) is 24.2 Å². The summed E-state index contributed by atoms with van der Waals surface area (Å²) in [7, 11) is 1.34. The summed E-state index contributed by atoms with van der Waals surface area (Å²) in [6.45, 7) is 2.07. The number of carbonyl (C=O) groups is 1. The molecule has 4 nitrogen and oxygen atoms in total. The van der Waals surface area contributed by atoms with Gasteiger partial charge in [0.1, 0.15) is 0 Å². The van der Waals surface area contributed by atoms with Crippen LogP contribution in [0, 0.1) is 0 Å². The van der Waals surface area contributed by atoms with Crippen LogP contribution >= 0.6 is 23.8 Å². The molecule has 1 atom stereocenters. The first-order chi connectivity index (χ1) is 12.0. The molecule has 0 fully saturated rings. The van der Waals surface area contributed by atoms with Crippen LogP contribution in [0.4, 0.5) is 5.69 Å². The molecule has 2 rings (SSSR count). The van der Waals surface area contributed by atoms with E-state index < -0.39 is 5.97 Å². The third-order valence-electron chi connectivity index (χ3n) is 3.72. The molecular formula is C19H21ClN2O2S. The van der Waals surface area contributed by atoms with Crippen molar-refractivity contribution in [1.29, 1.82) is 0 Å². The van der Waals surface area contributed by atoms with E-state index in [1.807, 2.05) is 18.2 Å². The van der Waals surface area contributed by atoms with Gasteiger partial charge in [-0.15, -0.1) is 0 Å². The summed E-state index contributed by atoms with van der Waals surface area (Å²) in [6, 6.07) is 15.4. The van der Waals surface area contributed by atoms with Gasteiger partial charge in [-0.3, -0.25) is 0 Å². The van der Waals surface area contributed by atoms with Crippen molar-refractivity contribution in [2.24, 2.45) is 0 Å². The molecule has 0 spiro atoms. The molecule has 0 aliphatic carbocycles. The minimum absolute atomic E-state index is 0.197. The van der Waals surface area contributed by atoms with Crippen molar-refractivity contribution in [3.05, 3.63) is 64.7 Å². The van der Waals surface area contributed by atoms with Crippen LogP contribution in [0.3, 0.4) is 0 Å². The lowest BCUT2D eigenvalue weighted by Crippen LogP contribution is -2.36. The number of benzene rings is 2. The Balaban J connectivity index is 1.90. The Morgan fingerprint density at radius 3 is 2.64 bits per heavy atom. The van der Waals surface area contributed by atoms with E-state index in [1.165, 1.54) is 12.7 Å². The van der Waals surface area contributed by atoms with Gasteiger partial charge in [-0.05, 0) is 55.7 Å². The van der Waals surface area contributed by atoms with Gasteiger partial charge in [-0.2, -0.15) is 0 Å². The van der Waals surface area contributed by atoms with Gasteiger partial charge in [0.2, 0.25) is 0 Å². The average Bonchev–Trinajstić information content (AvgIpc) is 2.62. The van der Waals surface area contributed by atoms with Crippen molar-refractivity contribution >= 4 is 40.6 Å². The predicted octanol–water partition coefficient (Wildman–Crippen LogP) is 4.43. The van der Waals surface area contributed by atoms with Crippen LogP contribution in [0.15, 0.2) is 48.5 Å². The smallest absolute Gasteiger partial charge is 0.337 e. The molecule has 0 saturated carbocycles. The lowest BCUT2D eigenvalue weighted by molar-refractivity contribution is 0.0601. The van der Waals surface area contributed by atoms with E-state index in [9.17, 15) is 4.79 Å². The lowest BCUT2D eigenvalue weighted by Gasteiger charge is -2.18. The second-order valence-corrected chi connectivity index (χ2v) is 6.53. The van der Waals surface area contributed by atoms with Crippen molar-refractivity contribution in [2.75, 3.05) is 12.4 Å². The molecule has 0 bridgehead atoms. The first kappa shape index (κ1) is 19.2. The Hall–Kier alpha value is -2.11. The van der Waals surface area contributed by atoms with Crippen LogP contribution in [0.5, 0.6) is 0 Å². The molecular weight excluding hydrogens is 356 g/mol. The molecule has 0 aliphatic rings. The second kappa shape index (κ2) is 9.39. The summed E-state index contributed by atoms with van der Waals surface area (Å²) in [5.74, 6) is -0.421. The van der Waals surface area contributed by atoms with Gasteiger partial charge in [-0.25, -0.2) is 4.79 Å². The van der Waals surface area contributed by atoms with E-state index >= 15 is 0 Å². The number of esters is 1. The molecule has 0 saturated heterocycles. The van der Waals surface area contributed by atoms with E-state index in [1.54, 1.807) is 18.2 Å². The van der Waals surface area contributed by atoms with Gasteiger partial charge in [0.05, 0.1) is 23.4 Å². The first-order valence-corrected chi connectivity index (χ1v) is 8.77. The van der Waals surface area contributed by atoms with Gasteiger partial charge in [-0.1, -0.05) is 41.9 Å². The molecule has 0 heterocycles. The zero-order valence-electron chi connectivity index (χ0n) is 14.2. The third kappa shape index (κ3) is 6.03. The number of aryl methyl sites for hydroxylation is 1. The summed E-state index contributed by atoms with van der Waals surface area (Å²) in [5, 5.41) is 7.22. The number of thiocarbonyl (C=S) groups is 1. The topological polar surface area (TPSA) is 50.4 Å². The number of hydrogen-bond acceptors (Lipinski definition) is 3. The maximum atomic E-state index is 11.6. The van der Waals surface area contributed by atoms with E-state index in [2.05, 4.69) is 29.7 Å². The number of hydrogen-bond donors (Lipinski definition) is 2. The van der Waals surface area contributed by atoms with Crippen molar-refractivity contribution in [3.8, 4) is 0 Å². The molecule has 6 heteroatoms. The molecule has 0 radical (unpaired) electrons. The highest BCUT2D eigenvalue weighted by Crippen LogP contribution is 2.23. The molecule has 2 aromatic rings. The molecule has 0 amide bonds. The normalized spacial score (nSPS) is 11.5. The van der Waals surface area contributed by atoms with Gasteiger partial charge in [0.15, 0.2) is 5.11 Å². The van der Waals surface area contributed by atoms with Crippen LogP contribution in [-0.2, 0) is 11.2 Å². The number of carbonyl (C=O) groups excluding carboxylic acids is 1. The molecule has 2 aromatic carbocycles. The van der Waals surface area contributed by atoms with Crippen LogP contribution in [0.1, 0.15) is 29.3 Å². The standard InChI is InChI=1S/C19H21ClN2O2S/c1-13(8-9-14-6-4-3-5-7-14)21-19(25)22-17-12-15(18(23)24-2)10-11-16(17)20/h3-7,10-13H,8-9H2,1-2H3,(H2,21,22,25). The molecule has 1 unspecified atom stereocenters. The monoisotopic (exact) mass is 376 g/mol. The van der Waals surface area contributed by atoms with Gasteiger partial charge >= 0.3 is 5.97 Å². The van der Waals surface area contributed by atoms with Crippen molar-refractivity contribution in [1.82, 2.24) is 5.32 Å². The Bertz CT molecular complexity index is 737. The zero-order valence-corrected chi connectivity index (χ0v) is 15.8. The highest BCUT2D eigenvalue weighted by Gasteiger charge is 2.11. The second-order valence-electron chi connectivity index (χ2n) is 5.71. The summed E-state index contributed by atoms with van der Waals surface area (Å²) >= 11 is 11.5. The SMILES string of the molecule is COC(=O)c1ccc(Cl)c(NC(=S)NC(C)CCc2ccccc2)c1.